The summed E-state index contributed by atoms with van der Waals surface area (Å²) in [5.74, 6) is 0. The molecular formula is C44H29NO. The fourth-order valence-corrected chi connectivity index (χ4v) is 6.96. The van der Waals surface area contributed by atoms with Crippen molar-refractivity contribution in [2.75, 3.05) is 4.90 Å². The SMILES string of the molecule is c1ccc(-c2ccc(N(c3ccccc3)c3ccc4oc5ccccc5c4c3-c3cc4ccccc4c4ccccc34)cc2)cc1. The molecule has 0 unspecified atom stereocenters. The molecule has 0 spiro atoms. The molecular weight excluding hydrogens is 558 g/mol. The van der Waals surface area contributed by atoms with Gasteiger partial charge in [-0.05, 0) is 86.8 Å². The summed E-state index contributed by atoms with van der Waals surface area (Å²) in [6, 6.07) is 62.7. The molecule has 8 aromatic carbocycles. The summed E-state index contributed by atoms with van der Waals surface area (Å²) in [4.78, 5) is 2.38. The molecule has 1 heterocycles. The highest BCUT2D eigenvalue weighted by molar-refractivity contribution is 6.22. The molecule has 0 aliphatic carbocycles. The van der Waals surface area contributed by atoms with Gasteiger partial charge in [0.2, 0.25) is 0 Å². The summed E-state index contributed by atoms with van der Waals surface area (Å²) in [5.41, 5.74) is 9.77. The summed E-state index contributed by atoms with van der Waals surface area (Å²) in [5, 5.41) is 7.15. The van der Waals surface area contributed by atoms with Gasteiger partial charge in [-0.2, -0.15) is 0 Å². The first-order valence-corrected chi connectivity index (χ1v) is 15.7. The molecule has 0 N–H and O–H groups in total. The summed E-state index contributed by atoms with van der Waals surface area (Å²) >= 11 is 0. The van der Waals surface area contributed by atoms with Crippen molar-refractivity contribution < 1.29 is 4.42 Å². The van der Waals surface area contributed by atoms with Crippen LogP contribution in [0, 0.1) is 0 Å². The fourth-order valence-electron chi connectivity index (χ4n) is 6.96. The van der Waals surface area contributed by atoms with Crippen molar-refractivity contribution in [3.05, 3.63) is 176 Å². The Labute approximate surface area is 267 Å². The Bertz CT molecular complexity index is 2510. The van der Waals surface area contributed by atoms with E-state index in [4.69, 9.17) is 4.42 Å². The number of para-hydroxylation sites is 2. The van der Waals surface area contributed by atoms with Gasteiger partial charge in [0.25, 0.3) is 0 Å². The molecule has 0 radical (unpaired) electrons. The maximum atomic E-state index is 6.51. The third kappa shape index (κ3) is 4.27. The third-order valence-corrected chi connectivity index (χ3v) is 9.05. The van der Waals surface area contributed by atoms with Crippen molar-refractivity contribution in [3.8, 4) is 22.3 Å². The van der Waals surface area contributed by atoms with Crippen LogP contribution in [0.2, 0.25) is 0 Å². The van der Waals surface area contributed by atoms with E-state index in [0.29, 0.717) is 0 Å². The number of benzene rings is 8. The van der Waals surface area contributed by atoms with E-state index >= 15 is 0 Å². The molecule has 9 rings (SSSR count). The van der Waals surface area contributed by atoms with Gasteiger partial charge in [0.05, 0.1) is 5.69 Å². The standard InChI is InChI=1S/C44H29NO/c1-3-13-30(14-4-1)31-23-25-34(26-24-31)45(33-16-5-2-6-17-33)40-27-28-42-44(38-21-11-12-22-41(38)46-42)43(40)39-29-32-15-7-8-18-35(32)36-19-9-10-20-37(36)39/h1-29H. The Hall–Kier alpha value is -6.12. The van der Waals surface area contributed by atoms with Gasteiger partial charge in [-0.3, -0.25) is 0 Å². The molecule has 2 nitrogen and oxygen atoms in total. The van der Waals surface area contributed by atoms with Crippen molar-refractivity contribution in [1.29, 1.82) is 0 Å². The van der Waals surface area contributed by atoms with E-state index in [0.717, 1.165) is 44.6 Å². The molecule has 0 fully saturated rings. The molecule has 9 aromatic rings. The average molecular weight is 588 g/mol. The van der Waals surface area contributed by atoms with Crippen LogP contribution in [-0.2, 0) is 0 Å². The van der Waals surface area contributed by atoms with Crippen LogP contribution >= 0.6 is 0 Å². The van der Waals surface area contributed by atoms with Crippen LogP contribution in [0.5, 0.6) is 0 Å². The first kappa shape index (κ1) is 26.3. The summed E-state index contributed by atoms with van der Waals surface area (Å²) in [7, 11) is 0. The van der Waals surface area contributed by atoms with Crippen LogP contribution in [-0.4, -0.2) is 0 Å². The van der Waals surface area contributed by atoms with E-state index < -0.39 is 0 Å². The summed E-state index contributed by atoms with van der Waals surface area (Å²) in [6.07, 6.45) is 0. The van der Waals surface area contributed by atoms with Crippen LogP contribution in [0.3, 0.4) is 0 Å². The second kappa shape index (κ2) is 10.8. The largest absolute Gasteiger partial charge is 0.456 e. The molecule has 1 aromatic heterocycles. The quantitative estimate of drug-likeness (QED) is 0.186. The monoisotopic (exact) mass is 587 g/mol. The maximum absolute atomic E-state index is 6.51. The second-order valence-corrected chi connectivity index (χ2v) is 11.7. The highest BCUT2D eigenvalue weighted by atomic mass is 16.3. The van der Waals surface area contributed by atoms with Crippen molar-refractivity contribution in [1.82, 2.24) is 0 Å². The second-order valence-electron chi connectivity index (χ2n) is 11.7. The van der Waals surface area contributed by atoms with Crippen molar-refractivity contribution in [3.63, 3.8) is 0 Å². The molecule has 0 atom stereocenters. The van der Waals surface area contributed by atoms with Gasteiger partial charge in [0, 0.05) is 27.7 Å². The normalized spacial score (nSPS) is 11.5. The van der Waals surface area contributed by atoms with Gasteiger partial charge < -0.3 is 9.32 Å². The molecule has 0 saturated heterocycles. The zero-order valence-electron chi connectivity index (χ0n) is 25.1. The number of nitrogens with zero attached hydrogens (tertiary/aromatic N) is 1. The van der Waals surface area contributed by atoms with Gasteiger partial charge in [-0.15, -0.1) is 0 Å². The molecule has 0 saturated carbocycles. The minimum Gasteiger partial charge on any atom is -0.456 e. The lowest BCUT2D eigenvalue weighted by Crippen LogP contribution is -2.11. The zero-order valence-corrected chi connectivity index (χ0v) is 25.1. The number of furan rings is 1. The van der Waals surface area contributed by atoms with Gasteiger partial charge in [-0.25, -0.2) is 0 Å². The van der Waals surface area contributed by atoms with Crippen molar-refractivity contribution in [2.24, 2.45) is 0 Å². The smallest absolute Gasteiger partial charge is 0.136 e. The van der Waals surface area contributed by atoms with Gasteiger partial charge in [0.15, 0.2) is 0 Å². The van der Waals surface area contributed by atoms with E-state index in [2.05, 4.69) is 175 Å². The minimum atomic E-state index is 0.879. The van der Waals surface area contributed by atoms with Gasteiger partial charge in [0.1, 0.15) is 11.2 Å². The van der Waals surface area contributed by atoms with Crippen LogP contribution in [0.15, 0.2) is 180 Å². The zero-order chi connectivity index (χ0) is 30.5. The maximum Gasteiger partial charge on any atom is 0.136 e. The minimum absolute atomic E-state index is 0.879. The predicted molar refractivity (Wildman–Crippen MR) is 194 cm³/mol. The average Bonchev–Trinajstić information content (AvgIpc) is 3.51. The first-order chi connectivity index (χ1) is 22.8. The Morgan fingerprint density at radius 1 is 0.391 bits per heavy atom. The Morgan fingerprint density at radius 2 is 0.978 bits per heavy atom. The highest BCUT2D eigenvalue weighted by Gasteiger charge is 2.24. The van der Waals surface area contributed by atoms with Crippen LogP contribution in [0.1, 0.15) is 0 Å². The molecule has 0 aliphatic heterocycles. The molecule has 0 bridgehead atoms. The molecule has 0 aliphatic rings. The Kier molecular flexibility index (Phi) is 6.17. The molecule has 216 valence electrons. The Balaban J connectivity index is 1.39. The number of fused-ring (bicyclic) bond motifs is 6. The van der Waals surface area contributed by atoms with E-state index in [1.54, 1.807) is 0 Å². The predicted octanol–water partition coefficient (Wildman–Crippen LogP) is 12.7. The molecule has 0 amide bonds. The lowest BCUT2D eigenvalue weighted by molar-refractivity contribution is 0.669. The summed E-state index contributed by atoms with van der Waals surface area (Å²) < 4.78 is 6.51. The van der Waals surface area contributed by atoms with E-state index in [1.807, 2.05) is 6.07 Å². The number of rotatable bonds is 5. The third-order valence-electron chi connectivity index (χ3n) is 9.05. The lowest BCUT2D eigenvalue weighted by atomic mass is 9.89. The number of hydrogen-bond acceptors (Lipinski definition) is 2. The van der Waals surface area contributed by atoms with Gasteiger partial charge in [-0.1, -0.05) is 127 Å². The van der Waals surface area contributed by atoms with Crippen LogP contribution in [0.4, 0.5) is 17.1 Å². The van der Waals surface area contributed by atoms with Crippen LogP contribution < -0.4 is 4.90 Å². The molecule has 46 heavy (non-hydrogen) atoms. The summed E-state index contributed by atoms with van der Waals surface area (Å²) in [6.45, 7) is 0. The Morgan fingerprint density at radius 3 is 1.76 bits per heavy atom. The van der Waals surface area contributed by atoms with E-state index in [1.165, 1.54) is 38.2 Å². The first-order valence-electron chi connectivity index (χ1n) is 15.7. The lowest BCUT2D eigenvalue weighted by Gasteiger charge is -2.29. The van der Waals surface area contributed by atoms with Crippen LogP contribution in [0.25, 0.3) is 65.7 Å². The topological polar surface area (TPSA) is 16.4 Å². The fraction of sp³-hybridized carbons (Fsp3) is 0. The van der Waals surface area contributed by atoms with Crippen molar-refractivity contribution >= 4 is 60.5 Å². The van der Waals surface area contributed by atoms with Crippen molar-refractivity contribution in [2.45, 2.75) is 0 Å². The number of anilines is 3. The molecule has 2 heteroatoms. The van der Waals surface area contributed by atoms with E-state index in [9.17, 15) is 0 Å². The highest BCUT2D eigenvalue weighted by Crippen LogP contribution is 2.49. The van der Waals surface area contributed by atoms with E-state index in [-0.39, 0.29) is 0 Å². The number of hydrogen-bond donors (Lipinski definition) is 0. The van der Waals surface area contributed by atoms with Gasteiger partial charge >= 0.3 is 0 Å².